The molecule has 1 fully saturated rings. The Morgan fingerprint density at radius 2 is 1.78 bits per heavy atom. The van der Waals surface area contributed by atoms with E-state index in [9.17, 15) is 9.59 Å². The highest BCUT2D eigenvalue weighted by Gasteiger charge is 2.43. The Balaban J connectivity index is 1.38. The van der Waals surface area contributed by atoms with E-state index < -0.39 is 5.41 Å². The molecule has 4 rings (SSSR count). The number of methoxy groups -OCH3 is 1. The number of ether oxygens (including phenoxy) is 3. The molecule has 0 radical (unpaired) electrons. The molecule has 36 heavy (non-hydrogen) atoms. The lowest BCUT2D eigenvalue weighted by Crippen LogP contribution is -2.52. The third kappa shape index (κ3) is 6.12. The molecule has 2 aliphatic rings. The number of fused-ring (bicyclic) bond motifs is 1. The molecule has 0 saturated carbocycles. The fraction of sp³-hybridized carbons (Fsp3) is 0.517. The van der Waals surface area contributed by atoms with Crippen molar-refractivity contribution >= 4 is 11.8 Å². The quantitative estimate of drug-likeness (QED) is 0.619. The van der Waals surface area contributed by atoms with Crippen LogP contribution in [0.15, 0.2) is 48.5 Å². The van der Waals surface area contributed by atoms with Gasteiger partial charge in [0.15, 0.2) is 6.61 Å². The first-order chi connectivity index (χ1) is 17.5. The van der Waals surface area contributed by atoms with Gasteiger partial charge in [-0.2, -0.15) is 0 Å². The molecule has 2 aromatic carbocycles. The standard InChI is InChI=1S/C29H38N2O5/c1-3-30-19-20-35-26-13-5-4-9-23(26)10-6-7-14-29(28(30)33)15-17-31(18-16-29)27(32)22-36-25-12-8-11-24(21-25)34-2/h4-5,8-9,11-13,21H,3,6-7,10,14-20,22H2,1-2H3. The Labute approximate surface area is 214 Å². The first-order valence-electron chi connectivity index (χ1n) is 13.1. The van der Waals surface area contributed by atoms with Crippen molar-refractivity contribution in [3.63, 3.8) is 0 Å². The number of piperidine rings is 1. The Morgan fingerprint density at radius 1 is 1.00 bits per heavy atom. The number of rotatable bonds is 5. The van der Waals surface area contributed by atoms with Crippen LogP contribution in [0.4, 0.5) is 0 Å². The van der Waals surface area contributed by atoms with Gasteiger partial charge in [0.1, 0.15) is 23.9 Å². The number of likely N-dealkylation sites (N-methyl/N-ethyl adjacent to an activating group) is 1. The van der Waals surface area contributed by atoms with Crippen LogP contribution in [0, 0.1) is 5.41 Å². The van der Waals surface area contributed by atoms with Gasteiger partial charge >= 0.3 is 0 Å². The predicted molar refractivity (Wildman–Crippen MR) is 138 cm³/mol. The fourth-order valence-corrected chi connectivity index (χ4v) is 5.32. The third-order valence-electron chi connectivity index (χ3n) is 7.54. The molecule has 1 spiro atoms. The second kappa shape index (κ2) is 12.2. The van der Waals surface area contributed by atoms with Crippen LogP contribution in [-0.4, -0.2) is 68.1 Å². The summed E-state index contributed by atoms with van der Waals surface area (Å²) in [6.07, 6.45) is 5.16. The van der Waals surface area contributed by atoms with Crippen LogP contribution in [-0.2, 0) is 16.0 Å². The maximum Gasteiger partial charge on any atom is 0.260 e. The van der Waals surface area contributed by atoms with E-state index in [2.05, 4.69) is 12.1 Å². The number of aryl methyl sites for hydroxylation is 1. The van der Waals surface area contributed by atoms with Crippen molar-refractivity contribution in [3.8, 4) is 17.2 Å². The fourth-order valence-electron chi connectivity index (χ4n) is 5.32. The minimum absolute atomic E-state index is 0.0219. The molecule has 2 amide bonds. The van der Waals surface area contributed by atoms with E-state index in [1.54, 1.807) is 13.2 Å². The topological polar surface area (TPSA) is 68.3 Å². The molecule has 7 nitrogen and oxygen atoms in total. The number of likely N-dealkylation sites (tertiary alicyclic amines) is 1. The molecule has 194 valence electrons. The molecule has 2 aromatic rings. The van der Waals surface area contributed by atoms with Crippen molar-refractivity contribution < 1.29 is 23.8 Å². The van der Waals surface area contributed by atoms with Crippen LogP contribution in [0.25, 0.3) is 0 Å². The second-order valence-corrected chi connectivity index (χ2v) is 9.68. The van der Waals surface area contributed by atoms with Crippen LogP contribution in [0.2, 0.25) is 0 Å². The lowest BCUT2D eigenvalue weighted by molar-refractivity contribution is -0.149. The number of hydrogen-bond donors (Lipinski definition) is 0. The summed E-state index contributed by atoms with van der Waals surface area (Å²) in [5.41, 5.74) is 0.817. The van der Waals surface area contributed by atoms with Crippen LogP contribution in [0.5, 0.6) is 17.2 Å². The molecule has 1 saturated heterocycles. The Hall–Kier alpha value is -3.22. The zero-order chi connectivity index (χ0) is 25.4. The van der Waals surface area contributed by atoms with Gasteiger partial charge in [-0.05, 0) is 62.8 Å². The van der Waals surface area contributed by atoms with Gasteiger partial charge in [-0.3, -0.25) is 9.59 Å². The number of carbonyl (C=O) groups is 2. The molecular weight excluding hydrogens is 456 g/mol. The summed E-state index contributed by atoms with van der Waals surface area (Å²) in [5.74, 6) is 2.38. The van der Waals surface area contributed by atoms with Gasteiger partial charge in [0.2, 0.25) is 5.91 Å². The number of amides is 2. The van der Waals surface area contributed by atoms with Crippen molar-refractivity contribution in [3.05, 3.63) is 54.1 Å². The predicted octanol–water partition coefficient (Wildman–Crippen LogP) is 4.34. The number of para-hydroxylation sites is 1. The van der Waals surface area contributed by atoms with E-state index >= 15 is 0 Å². The van der Waals surface area contributed by atoms with Crippen molar-refractivity contribution in [2.75, 3.05) is 46.5 Å². The maximum absolute atomic E-state index is 13.8. The van der Waals surface area contributed by atoms with Gasteiger partial charge in [0.05, 0.1) is 19.1 Å². The molecule has 0 atom stereocenters. The number of carbonyl (C=O) groups excluding carboxylic acids is 2. The minimum Gasteiger partial charge on any atom is -0.497 e. The summed E-state index contributed by atoms with van der Waals surface area (Å²) in [5, 5.41) is 0. The van der Waals surface area contributed by atoms with E-state index in [1.807, 2.05) is 47.1 Å². The van der Waals surface area contributed by atoms with E-state index in [1.165, 1.54) is 5.56 Å². The highest BCUT2D eigenvalue weighted by atomic mass is 16.5. The lowest BCUT2D eigenvalue weighted by Gasteiger charge is -2.43. The highest BCUT2D eigenvalue weighted by molar-refractivity contribution is 5.84. The molecule has 2 aliphatic heterocycles. The van der Waals surface area contributed by atoms with Crippen molar-refractivity contribution in [2.24, 2.45) is 5.41 Å². The summed E-state index contributed by atoms with van der Waals surface area (Å²) >= 11 is 0. The minimum atomic E-state index is -0.418. The summed E-state index contributed by atoms with van der Waals surface area (Å²) < 4.78 is 17.0. The van der Waals surface area contributed by atoms with Crippen LogP contribution < -0.4 is 14.2 Å². The smallest absolute Gasteiger partial charge is 0.260 e. The van der Waals surface area contributed by atoms with E-state index in [-0.39, 0.29) is 18.4 Å². The van der Waals surface area contributed by atoms with E-state index in [0.29, 0.717) is 57.1 Å². The van der Waals surface area contributed by atoms with Gasteiger partial charge in [0, 0.05) is 25.7 Å². The van der Waals surface area contributed by atoms with Gasteiger partial charge in [-0.15, -0.1) is 0 Å². The van der Waals surface area contributed by atoms with Crippen LogP contribution in [0.3, 0.4) is 0 Å². The molecule has 0 aromatic heterocycles. The summed E-state index contributed by atoms with van der Waals surface area (Å²) in [7, 11) is 1.60. The third-order valence-corrected chi connectivity index (χ3v) is 7.54. The molecule has 2 heterocycles. The summed E-state index contributed by atoms with van der Waals surface area (Å²) in [4.78, 5) is 30.4. The first kappa shape index (κ1) is 25.9. The van der Waals surface area contributed by atoms with Crippen LogP contribution >= 0.6 is 0 Å². The lowest BCUT2D eigenvalue weighted by atomic mass is 9.73. The zero-order valence-electron chi connectivity index (χ0n) is 21.5. The molecule has 7 heteroatoms. The Morgan fingerprint density at radius 3 is 2.56 bits per heavy atom. The summed E-state index contributed by atoms with van der Waals surface area (Å²) in [6.45, 7) is 4.86. The van der Waals surface area contributed by atoms with Crippen molar-refractivity contribution in [1.82, 2.24) is 9.80 Å². The monoisotopic (exact) mass is 494 g/mol. The van der Waals surface area contributed by atoms with Gasteiger partial charge in [-0.1, -0.05) is 30.7 Å². The maximum atomic E-state index is 13.8. The average Bonchev–Trinajstić information content (AvgIpc) is 2.92. The average molecular weight is 495 g/mol. The molecule has 0 unspecified atom stereocenters. The number of hydrogen-bond acceptors (Lipinski definition) is 5. The van der Waals surface area contributed by atoms with E-state index in [4.69, 9.17) is 14.2 Å². The van der Waals surface area contributed by atoms with Gasteiger partial charge < -0.3 is 24.0 Å². The Kier molecular flexibility index (Phi) is 8.73. The molecule has 0 bridgehead atoms. The Bertz CT molecular complexity index is 1030. The van der Waals surface area contributed by atoms with Crippen LogP contribution in [0.1, 0.15) is 44.6 Å². The zero-order valence-corrected chi connectivity index (χ0v) is 21.5. The second-order valence-electron chi connectivity index (χ2n) is 9.68. The number of nitrogens with zero attached hydrogens (tertiary/aromatic N) is 2. The van der Waals surface area contributed by atoms with Crippen molar-refractivity contribution in [1.29, 1.82) is 0 Å². The van der Waals surface area contributed by atoms with Gasteiger partial charge in [-0.25, -0.2) is 0 Å². The molecule has 0 aliphatic carbocycles. The van der Waals surface area contributed by atoms with Gasteiger partial charge in [0.25, 0.3) is 5.91 Å². The van der Waals surface area contributed by atoms with Crippen molar-refractivity contribution in [2.45, 2.75) is 45.4 Å². The largest absolute Gasteiger partial charge is 0.497 e. The molecular formula is C29H38N2O5. The molecule has 0 N–H and O–H groups in total. The number of benzene rings is 2. The summed E-state index contributed by atoms with van der Waals surface area (Å²) in [6, 6.07) is 15.5. The van der Waals surface area contributed by atoms with E-state index in [0.717, 1.165) is 31.4 Å². The SMILES string of the molecule is CCN1CCOc2ccccc2CCCCC2(CCN(C(=O)COc3cccc(OC)c3)CC2)C1=O. The highest BCUT2D eigenvalue weighted by Crippen LogP contribution is 2.39. The first-order valence-corrected chi connectivity index (χ1v) is 13.1. The normalized spacial score (nSPS) is 18.4.